The minimum atomic E-state index is -0.938. The number of hydrogen-bond acceptors (Lipinski definition) is 3. The molecule has 0 aromatic heterocycles. The van der Waals surface area contributed by atoms with Crippen molar-refractivity contribution < 1.29 is 14.3 Å². The van der Waals surface area contributed by atoms with Gasteiger partial charge in [0.25, 0.3) is 0 Å². The second-order valence-corrected chi connectivity index (χ2v) is 5.55. The number of hydrogen-bond donors (Lipinski definition) is 1. The van der Waals surface area contributed by atoms with Crippen molar-refractivity contribution in [2.45, 2.75) is 52.0 Å². The molecule has 0 heterocycles. The average molecular weight is 291 g/mol. The summed E-state index contributed by atoms with van der Waals surface area (Å²) < 4.78 is 4.80. The van der Waals surface area contributed by atoms with Crippen LogP contribution in [0.5, 0.6) is 0 Å². The van der Waals surface area contributed by atoms with Gasteiger partial charge in [-0.25, -0.2) is 4.79 Å². The van der Waals surface area contributed by atoms with Crippen molar-refractivity contribution in [1.29, 1.82) is 0 Å². The maximum absolute atomic E-state index is 12.1. The SMILES string of the molecule is CCCC(C)(NC(=O)CCc1ccccc1C)C(=O)OC. The van der Waals surface area contributed by atoms with Crippen LogP contribution in [0.4, 0.5) is 0 Å². The number of nitrogens with one attached hydrogen (secondary N) is 1. The lowest BCUT2D eigenvalue weighted by Gasteiger charge is -2.27. The second-order valence-electron chi connectivity index (χ2n) is 5.55. The number of methoxy groups -OCH3 is 1. The zero-order valence-corrected chi connectivity index (χ0v) is 13.4. The van der Waals surface area contributed by atoms with Crippen LogP contribution in [0.15, 0.2) is 24.3 Å². The lowest BCUT2D eigenvalue weighted by atomic mass is 9.95. The van der Waals surface area contributed by atoms with Gasteiger partial charge in [-0.3, -0.25) is 4.79 Å². The summed E-state index contributed by atoms with van der Waals surface area (Å²) in [5.41, 5.74) is 1.39. The summed E-state index contributed by atoms with van der Waals surface area (Å²) in [6.07, 6.45) is 2.39. The number of aryl methyl sites for hydroxylation is 2. The molecule has 0 saturated heterocycles. The van der Waals surface area contributed by atoms with Crippen LogP contribution in [0.2, 0.25) is 0 Å². The van der Waals surface area contributed by atoms with Crippen LogP contribution in [-0.4, -0.2) is 24.5 Å². The summed E-state index contributed by atoms with van der Waals surface area (Å²) in [6.45, 7) is 5.72. The summed E-state index contributed by atoms with van der Waals surface area (Å²) in [7, 11) is 1.34. The number of rotatable bonds is 7. The number of ether oxygens (including phenoxy) is 1. The first-order valence-electron chi connectivity index (χ1n) is 7.37. The smallest absolute Gasteiger partial charge is 0.331 e. The summed E-state index contributed by atoms with van der Waals surface area (Å²) >= 11 is 0. The number of esters is 1. The van der Waals surface area contributed by atoms with Gasteiger partial charge in [0.2, 0.25) is 5.91 Å². The van der Waals surface area contributed by atoms with E-state index in [0.717, 1.165) is 12.0 Å². The van der Waals surface area contributed by atoms with Gasteiger partial charge in [-0.2, -0.15) is 0 Å². The van der Waals surface area contributed by atoms with Gasteiger partial charge in [0.05, 0.1) is 7.11 Å². The Morgan fingerprint density at radius 1 is 1.29 bits per heavy atom. The summed E-state index contributed by atoms with van der Waals surface area (Å²) in [5, 5.41) is 2.82. The Kier molecular flexibility index (Phi) is 6.40. The van der Waals surface area contributed by atoms with Gasteiger partial charge < -0.3 is 10.1 Å². The standard InChI is InChI=1S/C17H25NO3/c1-5-12-17(3,16(20)21-4)18-15(19)11-10-14-9-7-6-8-13(14)2/h6-9H,5,10-12H2,1-4H3,(H,18,19). The molecule has 0 radical (unpaired) electrons. The third-order valence-electron chi connectivity index (χ3n) is 3.68. The van der Waals surface area contributed by atoms with Gasteiger partial charge in [-0.15, -0.1) is 0 Å². The van der Waals surface area contributed by atoms with Crippen molar-refractivity contribution in [2.75, 3.05) is 7.11 Å². The third kappa shape index (κ3) is 4.88. The highest BCUT2D eigenvalue weighted by molar-refractivity contribution is 5.87. The molecule has 0 aliphatic rings. The summed E-state index contributed by atoms with van der Waals surface area (Å²) in [5.74, 6) is -0.520. The van der Waals surface area contributed by atoms with E-state index in [1.54, 1.807) is 6.92 Å². The summed E-state index contributed by atoms with van der Waals surface area (Å²) in [6, 6.07) is 8.00. The first-order valence-corrected chi connectivity index (χ1v) is 7.37. The van der Waals surface area contributed by atoms with E-state index < -0.39 is 11.5 Å². The Morgan fingerprint density at radius 3 is 2.52 bits per heavy atom. The fraction of sp³-hybridized carbons (Fsp3) is 0.529. The maximum Gasteiger partial charge on any atom is 0.331 e. The van der Waals surface area contributed by atoms with Crippen LogP contribution < -0.4 is 5.32 Å². The summed E-state index contributed by atoms with van der Waals surface area (Å²) in [4.78, 5) is 24.0. The molecule has 0 bridgehead atoms. The molecule has 1 unspecified atom stereocenters. The van der Waals surface area contributed by atoms with Gasteiger partial charge in [-0.1, -0.05) is 37.6 Å². The topological polar surface area (TPSA) is 55.4 Å². The Labute approximate surface area is 126 Å². The highest BCUT2D eigenvalue weighted by Gasteiger charge is 2.34. The molecule has 0 saturated carbocycles. The van der Waals surface area contributed by atoms with E-state index in [4.69, 9.17) is 4.74 Å². The van der Waals surface area contributed by atoms with Crippen molar-refractivity contribution in [1.82, 2.24) is 5.32 Å². The Balaban J connectivity index is 2.63. The molecule has 1 amide bonds. The molecular weight excluding hydrogens is 266 g/mol. The normalized spacial score (nSPS) is 13.3. The number of amides is 1. The first kappa shape index (κ1) is 17.2. The monoisotopic (exact) mass is 291 g/mol. The Morgan fingerprint density at radius 2 is 1.95 bits per heavy atom. The maximum atomic E-state index is 12.1. The first-order chi connectivity index (χ1) is 9.92. The second kappa shape index (κ2) is 7.81. The van der Waals surface area contributed by atoms with Crippen LogP contribution >= 0.6 is 0 Å². The number of benzene rings is 1. The fourth-order valence-corrected chi connectivity index (χ4v) is 2.45. The highest BCUT2D eigenvalue weighted by Crippen LogP contribution is 2.15. The van der Waals surface area contributed by atoms with Gasteiger partial charge in [-0.05, 0) is 37.8 Å². The van der Waals surface area contributed by atoms with Crippen LogP contribution in [0.25, 0.3) is 0 Å². The van der Waals surface area contributed by atoms with Crippen molar-refractivity contribution in [2.24, 2.45) is 0 Å². The third-order valence-corrected chi connectivity index (χ3v) is 3.68. The predicted octanol–water partition coefficient (Wildman–Crippen LogP) is 2.78. The zero-order valence-electron chi connectivity index (χ0n) is 13.4. The van der Waals surface area contributed by atoms with E-state index in [1.165, 1.54) is 12.7 Å². The molecule has 1 aromatic rings. The molecule has 4 nitrogen and oxygen atoms in total. The van der Waals surface area contributed by atoms with Crippen molar-refractivity contribution in [3.05, 3.63) is 35.4 Å². The van der Waals surface area contributed by atoms with Crippen LogP contribution in [0.3, 0.4) is 0 Å². The van der Waals surface area contributed by atoms with E-state index in [9.17, 15) is 9.59 Å². The van der Waals surface area contributed by atoms with Crippen LogP contribution in [0.1, 0.15) is 44.2 Å². The average Bonchev–Trinajstić information content (AvgIpc) is 2.45. The van der Waals surface area contributed by atoms with E-state index in [1.807, 2.05) is 38.1 Å². The largest absolute Gasteiger partial charge is 0.467 e. The predicted molar refractivity (Wildman–Crippen MR) is 83.0 cm³/mol. The highest BCUT2D eigenvalue weighted by atomic mass is 16.5. The molecule has 21 heavy (non-hydrogen) atoms. The molecule has 0 spiro atoms. The lowest BCUT2D eigenvalue weighted by Crippen LogP contribution is -2.52. The van der Waals surface area contributed by atoms with Crippen LogP contribution in [-0.2, 0) is 20.7 Å². The number of carbonyl (C=O) groups is 2. The van der Waals surface area contributed by atoms with E-state index in [0.29, 0.717) is 19.3 Å². The number of carbonyl (C=O) groups excluding carboxylic acids is 2. The zero-order chi connectivity index (χ0) is 15.9. The molecule has 116 valence electrons. The Hall–Kier alpha value is -1.84. The van der Waals surface area contributed by atoms with Crippen molar-refractivity contribution >= 4 is 11.9 Å². The van der Waals surface area contributed by atoms with Crippen LogP contribution in [0, 0.1) is 6.92 Å². The minimum Gasteiger partial charge on any atom is -0.467 e. The van der Waals surface area contributed by atoms with E-state index >= 15 is 0 Å². The molecule has 0 aliphatic heterocycles. The molecule has 1 aromatic carbocycles. The molecule has 0 aliphatic carbocycles. The van der Waals surface area contributed by atoms with E-state index in [2.05, 4.69) is 5.32 Å². The lowest BCUT2D eigenvalue weighted by molar-refractivity contribution is -0.150. The fourth-order valence-electron chi connectivity index (χ4n) is 2.45. The van der Waals surface area contributed by atoms with Gasteiger partial charge in [0.15, 0.2) is 0 Å². The molecule has 1 rings (SSSR count). The van der Waals surface area contributed by atoms with Gasteiger partial charge in [0, 0.05) is 6.42 Å². The van der Waals surface area contributed by atoms with Crippen molar-refractivity contribution in [3.8, 4) is 0 Å². The molecule has 0 fully saturated rings. The van der Waals surface area contributed by atoms with Gasteiger partial charge in [0.1, 0.15) is 5.54 Å². The Bertz CT molecular complexity index is 499. The molecule has 1 N–H and O–H groups in total. The minimum absolute atomic E-state index is 0.125. The molecule has 1 atom stereocenters. The quantitative estimate of drug-likeness (QED) is 0.786. The van der Waals surface area contributed by atoms with Gasteiger partial charge >= 0.3 is 5.97 Å². The molecule has 4 heteroatoms. The van der Waals surface area contributed by atoms with Crippen molar-refractivity contribution in [3.63, 3.8) is 0 Å². The molecular formula is C17H25NO3. The van der Waals surface area contributed by atoms with E-state index in [-0.39, 0.29) is 5.91 Å².